The van der Waals surface area contributed by atoms with Gasteiger partial charge in [-0.2, -0.15) is 0 Å². The topological polar surface area (TPSA) is 84.9 Å². The van der Waals surface area contributed by atoms with Crippen molar-refractivity contribution < 1.29 is 23.9 Å². The molecule has 0 aliphatic carbocycles. The molecule has 0 fully saturated rings. The highest BCUT2D eigenvalue weighted by Crippen LogP contribution is 2.43. The predicted molar refractivity (Wildman–Crippen MR) is 139 cm³/mol. The Bertz CT molecular complexity index is 1230. The van der Waals surface area contributed by atoms with Crippen LogP contribution < -0.4 is 5.32 Å². The van der Waals surface area contributed by atoms with Gasteiger partial charge in [0.1, 0.15) is 11.7 Å². The number of carbonyl (C=O) groups excluding carboxylic acids is 3. The van der Waals surface area contributed by atoms with Gasteiger partial charge in [0.2, 0.25) is 0 Å². The van der Waals surface area contributed by atoms with Crippen LogP contribution in [0.15, 0.2) is 84.9 Å². The molecule has 4 rings (SSSR count). The Morgan fingerprint density at radius 1 is 0.865 bits per heavy atom. The van der Waals surface area contributed by atoms with Gasteiger partial charge in [0.25, 0.3) is 5.91 Å². The van der Waals surface area contributed by atoms with Crippen molar-refractivity contribution in [3.8, 4) is 0 Å². The minimum absolute atomic E-state index is 0.0312. The quantitative estimate of drug-likeness (QED) is 0.393. The number of amides is 1. The summed E-state index contributed by atoms with van der Waals surface area (Å²) in [6.45, 7) is 4.24. The fraction of sp³-hybridized carbons (Fsp3) is 0.300. The van der Waals surface area contributed by atoms with Gasteiger partial charge in [-0.25, -0.2) is 0 Å². The van der Waals surface area contributed by atoms with Gasteiger partial charge in [-0.05, 0) is 37.5 Å². The standard InChI is InChI=1S/C30H32N2O5/c1-3-36-27(33)20-19-26(29(35)37-4-2)31-30(23-15-9-6-10-16-23)25-18-12-11-17-24(25)28(34)32(30)21-22-13-7-5-8-14-22/h5-18,26,31H,3-4,19-21H2,1-2H3. The maximum atomic E-state index is 13.9. The van der Waals surface area contributed by atoms with Gasteiger partial charge in [0.05, 0.1) is 13.2 Å². The molecule has 2 atom stereocenters. The molecule has 37 heavy (non-hydrogen) atoms. The number of benzene rings is 3. The summed E-state index contributed by atoms with van der Waals surface area (Å²) >= 11 is 0. The lowest BCUT2D eigenvalue weighted by molar-refractivity contribution is -0.148. The number of esters is 2. The molecule has 1 N–H and O–H groups in total. The first kappa shape index (κ1) is 26.1. The van der Waals surface area contributed by atoms with Crippen molar-refractivity contribution in [1.29, 1.82) is 0 Å². The van der Waals surface area contributed by atoms with Crippen molar-refractivity contribution in [2.75, 3.05) is 13.2 Å². The fourth-order valence-electron chi connectivity index (χ4n) is 4.85. The summed E-state index contributed by atoms with van der Waals surface area (Å²) in [6.07, 6.45) is 0.186. The molecular weight excluding hydrogens is 468 g/mol. The van der Waals surface area contributed by atoms with Crippen molar-refractivity contribution in [3.05, 3.63) is 107 Å². The molecule has 1 aliphatic rings. The van der Waals surface area contributed by atoms with Gasteiger partial charge in [0, 0.05) is 24.1 Å². The Hall–Kier alpha value is -3.97. The van der Waals surface area contributed by atoms with Crippen LogP contribution >= 0.6 is 0 Å². The van der Waals surface area contributed by atoms with E-state index in [1.807, 2.05) is 78.9 Å². The summed E-state index contributed by atoms with van der Waals surface area (Å²) in [5.74, 6) is -1.03. The molecule has 1 amide bonds. The van der Waals surface area contributed by atoms with Gasteiger partial charge >= 0.3 is 11.9 Å². The second-order valence-corrected chi connectivity index (χ2v) is 8.79. The third-order valence-electron chi connectivity index (χ3n) is 6.47. The van der Waals surface area contributed by atoms with Crippen LogP contribution in [0.5, 0.6) is 0 Å². The minimum Gasteiger partial charge on any atom is -0.466 e. The highest BCUT2D eigenvalue weighted by molar-refractivity contribution is 6.00. The SMILES string of the molecule is CCOC(=O)CCC(NC1(c2ccccc2)c2ccccc2C(=O)N1Cc1ccccc1)C(=O)OCC. The Balaban J connectivity index is 1.85. The Morgan fingerprint density at radius 3 is 2.16 bits per heavy atom. The van der Waals surface area contributed by atoms with Gasteiger partial charge in [-0.1, -0.05) is 78.9 Å². The van der Waals surface area contributed by atoms with Crippen molar-refractivity contribution in [2.45, 2.75) is 44.9 Å². The van der Waals surface area contributed by atoms with Gasteiger partial charge in [-0.3, -0.25) is 19.7 Å². The first-order valence-corrected chi connectivity index (χ1v) is 12.6. The average molecular weight is 501 g/mol. The zero-order valence-electron chi connectivity index (χ0n) is 21.2. The molecule has 2 unspecified atom stereocenters. The molecule has 3 aromatic carbocycles. The normalized spacial score (nSPS) is 17.2. The molecule has 3 aromatic rings. The molecule has 0 spiro atoms. The van der Waals surface area contributed by atoms with Gasteiger partial charge in [0.15, 0.2) is 0 Å². The van der Waals surface area contributed by atoms with Crippen LogP contribution in [0.25, 0.3) is 0 Å². The van der Waals surface area contributed by atoms with E-state index in [0.29, 0.717) is 12.1 Å². The van der Waals surface area contributed by atoms with E-state index in [0.717, 1.165) is 16.7 Å². The second-order valence-electron chi connectivity index (χ2n) is 8.79. The first-order valence-electron chi connectivity index (χ1n) is 12.6. The van der Waals surface area contributed by atoms with Crippen LogP contribution in [0.1, 0.15) is 53.7 Å². The van der Waals surface area contributed by atoms with E-state index in [1.165, 1.54) is 0 Å². The molecule has 0 aromatic heterocycles. The van der Waals surface area contributed by atoms with Crippen LogP contribution in [-0.4, -0.2) is 42.0 Å². The van der Waals surface area contributed by atoms with Crippen LogP contribution in [0.3, 0.4) is 0 Å². The third-order valence-corrected chi connectivity index (χ3v) is 6.47. The summed E-state index contributed by atoms with van der Waals surface area (Å²) in [5.41, 5.74) is 1.88. The largest absolute Gasteiger partial charge is 0.466 e. The molecule has 0 saturated heterocycles. The summed E-state index contributed by atoms with van der Waals surface area (Å²) in [5, 5.41) is 3.51. The van der Waals surface area contributed by atoms with Crippen LogP contribution in [0.4, 0.5) is 0 Å². The van der Waals surface area contributed by atoms with Crippen molar-refractivity contribution in [1.82, 2.24) is 10.2 Å². The van der Waals surface area contributed by atoms with Gasteiger partial charge in [-0.15, -0.1) is 0 Å². The maximum absolute atomic E-state index is 13.9. The van der Waals surface area contributed by atoms with Gasteiger partial charge < -0.3 is 14.4 Å². The Labute approximate surface area is 217 Å². The molecule has 1 heterocycles. The monoisotopic (exact) mass is 500 g/mol. The number of ether oxygens (including phenoxy) is 2. The first-order chi connectivity index (χ1) is 18.0. The molecule has 7 heteroatoms. The Kier molecular flexibility index (Phi) is 8.36. The molecule has 1 aliphatic heterocycles. The maximum Gasteiger partial charge on any atom is 0.323 e. The number of fused-ring (bicyclic) bond motifs is 1. The number of hydrogen-bond donors (Lipinski definition) is 1. The van der Waals surface area contributed by atoms with E-state index < -0.39 is 23.6 Å². The zero-order chi connectivity index (χ0) is 26.3. The van der Waals surface area contributed by atoms with Crippen LogP contribution in [0.2, 0.25) is 0 Å². The molecule has 0 bridgehead atoms. The average Bonchev–Trinajstić information content (AvgIpc) is 3.16. The predicted octanol–water partition coefficient (Wildman–Crippen LogP) is 4.41. The summed E-state index contributed by atoms with van der Waals surface area (Å²) in [4.78, 5) is 41.1. The number of nitrogens with one attached hydrogen (secondary N) is 1. The molecule has 0 radical (unpaired) electrons. The number of rotatable bonds is 11. The highest BCUT2D eigenvalue weighted by Gasteiger charge is 2.52. The van der Waals surface area contributed by atoms with E-state index in [4.69, 9.17) is 9.47 Å². The lowest BCUT2D eigenvalue weighted by Gasteiger charge is -2.42. The Morgan fingerprint density at radius 2 is 1.49 bits per heavy atom. The van der Waals surface area contributed by atoms with E-state index in [1.54, 1.807) is 24.8 Å². The van der Waals surface area contributed by atoms with Crippen molar-refractivity contribution in [3.63, 3.8) is 0 Å². The molecular formula is C30H32N2O5. The lowest BCUT2D eigenvalue weighted by atomic mass is 9.89. The second kappa shape index (κ2) is 11.8. The lowest BCUT2D eigenvalue weighted by Crippen LogP contribution is -2.59. The van der Waals surface area contributed by atoms with E-state index in [-0.39, 0.29) is 32.0 Å². The van der Waals surface area contributed by atoms with Crippen LogP contribution in [0, 0.1) is 0 Å². The van der Waals surface area contributed by atoms with Crippen molar-refractivity contribution in [2.24, 2.45) is 0 Å². The summed E-state index contributed by atoms with van der Waals surface area (Å²) in [6, 6.07) is 25.9. The molecule has 0 saturated carbocycles. The third kappa shape index (κ3) is 5.42. The summed E-state index contributed by atoms with van der Waals surface area (Å²) < 4.78 is 10.5. The smallest absolute Gasteiger partial charge is 0.323 e. The molecule has 7 nitrogen and oxygen atoms in total. The minimum atomic E-state index is -1.17. The number of hydrogen-bond acceptors (Lipinski definition) is 6. The van der Waals surface area contributed by atoms with E-state index in [2.05, 4.69) is 5.32 Å². The number of carbonyl (C=O) groups is 3. The highest BCUT2D eigenvalue weighted by atomic mass is 16.5. The molecule has 192 valence electrons. The van der Waals surface area contributed by atoms with E-state index >= 15 is 0 Å². The fourth-order valence-corrected chi connectivity index (χ4v) is 4.85. The zero-order valence-corrected chi connectivity index (χ0v) is 21.2. The van der Waals surface area contributed by atoms with Crippen molar-refractivity contribution >= 4 is 17.8 Å². The number of nitrogens with zero attached hydrogens (tertiary/aromatic N) is 1. The van der Waals surface area contributed by atoms with E-state index in [9.17, 15) is 14.4 Å². The summed E-state index contributed by atoms with van der Waals surface area (Å²) in [7, 11) is 0. The van der Waals surface area contributed by atoms with Crippen LogP contribution in [-0.2, 0) is 31.3 Å².